The molecule has 1 aromatic heterocycles. The standard InChI is InChI=1S/C16H18N4/c1-10-5-11(2)13(4)15(12(10)3)8-18-16-6-14(7-17)19-9-20-16/h5-6,9H,8H2,1-4H3,(H,18,19,20). The van der Waals surface area contributed by atoms with Crippen molar-refractivity contribution in [3.8, 4) is 6.07 Å². The summed E-state index contributed by atoms with van der Waals surface area (Å²) in [6.45, 7) is 9.23. The van der Waals surface area contributed by atoms with E-state index in [1.54, 1.807) is 6.07 Å². The first kappa shape index (κ1) is 14.0. The van der Waals surface area contributed by atoms with E-state index in [4.69, 9.17) is 5.26 Å². The minimum Gasteiger partial charge on any atom is -0.366 e. The third-order valence-electron chi connectivity index (χ3n) is 3.75. The molecular weight excluding hydrogens is 248 g/mol. The minimum atomic E-state index is 0.372. The molecule has 4 nitrogen and oxygen atoms in total. The fraction of sp³-hybridized carbons (Fsp3) is 0.312. The summed E-state index contributed by atoms with van der Waals surface area (Å²) in [5, 5.41) is 12.1. The van der Waals surface area contributed by atoms with Gasteiger partial charge in [0.1, 0.15) is 23.9 Å². The van der Waals surface area contributed by atoms with Gasteiger partial charge in [-0.05, 0) is 55.5 Å². The lowest BCUT2D eigenvalue weighted by molar-refractivity contribution is 1.03. The largest absolute Gasteiger partial charge is 0.366 e. The molecule has 0 aliphatic rings. The molecular formula is C16H18N4. The van der Waals surface area contributed by atoms with Crippen LogP contribution in [0.25, 0.3) is 0 Å². The Balaban J connectivity index is 2.25. The van der Waals surface area contributed by atoms with Gasteiger partial charge in [0.25, 0.3) is 0 Å². The Kier molecular flexibility index (Phi) is 3.99. The maximum atomic E-state index is 8.84. The number of aryl methyl sites for hydroxylation is 2. The quantitative estimate of drug-likeness (QED) is 0.926. The van der Waals surface area contributed by atoms with Gasteiger partial charge in [-0.25, -0.2) is 9.97 Å². The Labute approximate surface area is 119 Å². The number of anilines is 1. The van der Waals surface area contributed by atoms with Crippen molar-refractivity contribution in [1.29, 1.82) is 5.26 Å². The van der Waals surface area contributed by atoms with Crippen molar-refractivity contribution in [3.05, 3.63) is 52.0 Å². The molecule has 0 fully saturated rings. The number of hydrogen-bond acceptors (Lipinski definition) is 4. The Hall–Kier alpha value is -2.41. The van der Waals surface area contributed by atoms with Crippen LogP contribution in [-0.4, -0.2) is 9.97 Å². The smallest absolute Gasteiger partial charge is 0.145 e. The van der Waals surface area contributed by atoms with Crippen LogP contribution in [0.3, 0.4) is 0 Å². The minimum absolute atomic E-state index is 0.372. The topological polar surface area (TPSA) is 61.6 Å². The zero-order valence-electron chi connectivity index (χ0n) is 12.3. The number of benzene rings is 1. The SMILES string of the molecule is Cc1cc(C)c(C)c(CNc2cc(C#N)ncn2)c1C. The molecule has 0 unspecified atom stereocenters. The van der Waals surface area contributed by atoms with Crippen LogP contribution in [0, 0.1) is 39.0 Å². The summed E-state index contributed by atoms with van der Waals surface area (Å²) < 4.78 is 0. The zero-order chi connectivity index (χ0) is 14.7. The molecule has 0 radical (unpaired) electrons. The molecule has 0 saturated carbocycles. The number of nitrogens with one attached hydrogen (secondary N) is 1. The van der Waals surface area contributed by atoms with Gasteiger partial charge in [0.2, 0.25) is 0 Å². The van der Waals surface area contributed by atoms with E-state index in [0.29, 0.717) is 18.1 Å². The molecule has 1 N–H and O–H groups in total. The third-order valence-corrected chi connectivity index (χ3v) is 3.75. The van der Waals surface area contributed by atoms with Gasteiger partial charge in [-0.1, -0.05) is 6.07 Å². The van der Waals surface area contributed by atoms with Gasteiger partial charge in [0.15, 0.2) is 0 Å². The number of hydrogen-bond donors (Lipinski definition) is 1. The summed E-state index contributed by atoms with van der Waals surface area (Å²) in [6, 6.07) is 5.89. The molecule has 4 heteroatoms. The van der Waals surface area contributed by atoms with Crippen LogP contribution in [-0.2, 0) is 6.54 Å². The first-order chi connectivity index (χ1) is 9.52. The Bertz CT molecular complexity index is 657. The molecule has 0 amide bonds. The second-order valence-corrected chi connectivity index (χ2v) is 4.99. The van der Waals surface area contributed by atoms with E-state index in [-0.39, 0.29) is 0 Å². The monoisotopic (exact) mass is 266 g/mol. The van der Waals surface area contributed by atoms with E-state index in [1.165, 1.54) is 34.1 Å². The van der Waals surface area contributed by atoms with Crippen molar-refractivity contribution in [2.45, 2.75) is 34.2 Å². The van der Waals surface area contributed by atoms with Crippen LogP contribution in [0.15, 0.2) is 18.5 Å². The van der Waals surface area contributed by atoms with Gasteiger partial charge >= 0.3 is 0 Å². The molecule has 20 heavy (non-hydrogen) atoms. The van der Waals surface area contributed by atoms with Crippen molar-refractivity contribution in [3.63, 3.8) is 0 Å². The maximum Gasteiger partial charge on any atom is 0.145 e. The second-order valence-electron chi connectivity index (χ2n) is 4.99. The summed E-state index contributed by atoms with van der Waals surface area (Å²) in [5.41, 5.74) is 6.86. The van der Waals surface area contributed by atoms with Crippen molar-refractivity contribution in [2.75, 3.05) is 5.32 Å². The van der Waals surface area contributed by atoms with E-state index in [2.05, 4.69) is 49.0 Å². The maximum absolute atomic E-state index is 8.84. The lowest BCUT2D eigenvalue weighted by Crippen LogP contribution is -2.07. The first-order valence-electron chi connectivity index (χ1n) is 6.55. The predicted octanol–water partition coefficient (Wildman–Crippen LogP) is 3.19. The first-order valence-corrected chi connectivity index (χ1v) is 6.55. The molecule has 0 saturated heterocycles. The molecule has 0 aliphatic heterocycles. The lowest BCUT2D eigenvalue weighted by atomic mass is 9.94. The van der Waals surface area contributed by atoms with Gasteiger partial charge in [0, 0.05) is 12.6 Å². The van der Waals surface area contributed by atoms with E-state index in [9.17, 15) is 0 Å². The highest BCUT2D eigenvalue weighted by Crippen LogP contribution is 2.22. The molecule has 102 valence electrons. The third kappa shape index (κ3) is 2.77. The van der Waals surface area contributed by atoms with Crippen LogP contribution in [0.1, 0.15) is 33.5 Å². The Morgan fingerprint density at radius 2 is 1.70 bits per heavy atom. The second kappa shape index (κ2) is 5.70. The highest BCUT2D eigenvalue weighted by molar-refractivity contribution is 5.47. The molecule has 2 aromatic rings. The molecule has 2 rings (SSSR count). The van der Waals surface area contributed by atoms with E-state index in [0.717, 1.165) is 0 Å². The van der Waals surface area contributed by atoms with Gasteiger partial charge in [-0.15, -0.1) is 0 Å². The van der Waals surface area contributed by atoms with E-state index >= 15 is 0 Å². The van der Waals surface area contributed by atoms with Gasteiger partial charge in [0.05, 0.1) is 0 Å². The van der Waals surface area contributed by atoms with Crippen molar-refractivity contribution >= 4 is 5.82 Å². The Morgan fingerprint density at radius 3 is 2.30 bits per heavy atom. The van der Waals surface area contributed by atoms with Crippen LogP contribution in [0.2, 0.25) is 0 Å². The number of nitrogens with zero attached hydrogens (tertiary/aromatic N) is 3. The Morgan fingerprint density at radius 1 is 1.05 bits per heavy atom. The van der Waals surface area contributed by atoms with Crippen molar-refractivity contribution < 1.29 is 0 Å². The molecule has 0 spiro atoms. The van der Waals surface area contributed by atoms with Crippen LogP contribution >= 0.6 is 0 Å². The normalized spacial score (nSPS) is 10.2. The summed E-state index contributed by atoms with van der Waals surface area (Å²) >= 11 is 0. The van der Waals surface area contributed by atoms with Crippen LogP contribution in [0.4, 0.5) is 5.82 Å². The van der Waals surface area contributed by atoms with E-state index < -0.39 is 0 Å². The van der Waals surface area contributed by atoms with Crippen LogP contribution < -0.4 is 5.32 Å². The van der Waals surface area contributed by atoms with Gasteiger partial charge in [-0.2, -0.15) is 5.26 Å². The highest BCUT2D eigenvalue weighted by atomic mass is 15.0. The zero-order valence-corrected chi connectivity index (χ0v) is 12.3. The summed E-state index contributed by atoms with van der Waals surface area (Å²) in [5.74, 6) is 0.675. The van der Waals surface area contributed by atoms with Crippen molar-refractivity contribution in [1.82, 2.24) is 9.97 Å². The predicted molar refractivity (Wildman–Crippen MR) is 79.5 cm³/mol. The fourth-order valence-corrected chi connectivity index (χ4v) is 2.26. The van der Waals surface area contributed by atoms with Crippen molar-refractivity contribution in [2.24, 2.45) is 0 Å². The molecule has 0 aliphatic carbocycles. The summed E-state index contributed by atoms with van der Waals surface area (Å²) in [6.07, 6.45) is 1.40. The highest BCUT2D eigenvalue weighted by Gasteiger charge is 2.08. The number of aromatic nitrogens is 2. The average Bonchev–Trinajstić information content (AvgIpc) is 2.45. The fourth-order valence-electron chi connectivity index (χ4n) is 2.26. The van der Waals surface area contributed by atoms with Crippen LogP contribution in [0.5, 0.6) is 0 Å². The lowest BCUT2D eigenvalue weighted by Gasteiger charge is -2.16. The average molecular weight is 266 g/mol. The summed E-state index contributed by atoms with van der Waals surface area (Å²) in [4.78, 5) is 8.00. The molecule has 1 heterocycles. The molecule has 0 bridgehead atoms. The van der Waals surface area contributed by atoms with Gasteiger partial charge < -0.3 is 5.32 Å². The number of rotatable bonds is 3. The van der Waals surface area contributed by atoms with E-state index in [1.807, 2.05) is 6.07 Å². The molecule has 0 atom stereocenters. The number of nitriles is 1. The molecule has 1 aromatic carbocycles. The van der Waals surface area contributed by atoms with Gasteiger partial charge in [-0.3, -0.25) is 0 Å². The summed E-state index contributed by atoms with van der Waals surface area (Å²) in [7, 11) is 0.